The number of rotatable bonds is 2. The Morgan fingerprint density at radius 2 is 2.17 bits per heavy atom. The first kappa shape index (κ1) is 9.49. The van der Waals surface area contributed by atoms with Gasteiger partial charge in [0.2, 0.25) is 0 Å². The van der Waals surface area contributed by atoms with Crippen molar-refractivity contribution in [1.29, 1.82) is 0 Å². The summed E-state index contributed by atoms with van der Waals surface area (Å²) in [5.41, 5.74) is 6.74. The van der Waals surface area contributed by atoms with Gasteiger partial charge in [0.1, 0.15) is 0 Å². The van der Waals surface area contributed by atoms with Crippen LogP contribution in [0.3, 0.4) is 0 Å². The summed E-state index contributed by atoms with van der Waals surface area (Å²) in [6.45, 7) is 4.13. The van der Waals surface area contributed by atoms with Crippen molar-refractivity contribution in [2.45, 2.75) is 19.9 Å². The molecule has 3 heteroatoms. The monoisotopic (exact) mass is 184 g/mol. The van der Waals surface area contributed by atoms with Crippen LogP contribution < -0.4 is 5.73 Å². The Balaban J connectivity index is 2.88. The Kier molecular flexibility index (Phi) is 3.06. The van der Waals surface area contributed by atoms with E-state index in [2.05, 4.69) is 18.8 Å². The molecule has 0 aliphatic heterocycles. The van der Waals surface area contributed by atoms with E-state index in [0.29, 0.717) is 10.9 Å². The summed E-state index contributed by atoms with van der Waals surface area (Å²) in [5, 5.41) is 0.691. The van der Waals surface area contributed by atoms with Gasteiger partial charge in [-0.2, -0.15) is 0 Å². The van der Waals surface area contributed by atoms with Crippen LogP contribution in [0.15, 0.2) is 18.3 Å². The van der Waals surface area contributed by atoms with Gasteiger partial charge < -0.3 is 5.73 Å². The molecule has 0 unspecified atom stereocenters. The molecular weight excluding hydrogens is 172 g/mol. The highest BCUT2D eigenvalue weighted by molar-refractivity contribution is 6.30. The van der Waals surface area contributed by atoms with Crippen molar-refractivity contribution in [1.82, 2.24) is 4.98 Å². The Hall–Kier alpha value is -0.600. The average Bonchev–Trinajstić information content (AvgIpc) is 2.03. The molecule has 2 N–H and O–H groups in total. The largest absolute Gasteiger partial charge is 0.322 e. The number of hydrogen-bond donors (Lipinski definition) is 1. The fourth-order valence-electron chi connectivity index (χ4n) is 0.945. The molecule has 0 spiro atoms. The molecule has 0 saturated carbocycles. The third-order valence-electron chi connectivity index (χ3n) is 1.80. The third kappa shape index (κ3) is 2.19. The molecule has 1 rings (SSSR count). The van der Waals surface area contributed by atoms with Gasteiger partial charge in [-0.3, -0.25) is 4.98 Å². The zero-order chi connectivity index (χ0) is 9.14. The van der Waals surface area contributed by atoms with E-state index in [4.69, 9.17) is 17.3 Å². The molecule has 66 valence electrons. The zero-order valence-electron chi connectivity index (χ0n) is 7.29. The van der Waals surface area contributed by atoms with Crippen molar-refractivity contribution in [3.63, 3.8) is 0 Å². The molecule has 0 aliphatic rings. The van der Waals surface area contributed by atoms with Crippen LogP contribution in [-0.4, -0.2) is 4.98 Å². The molecule has 0 aromatic carbocycles. The first-order chi connectivity index (χ1) is 5.61. The van der Waals surface area contributed by atoms with E-state index in [1.54, 1.807) is 12.3 Å². The second-order valence-electron chi connectivity index (χ2n) is 3.17. The van der Waals surface area contributed by atoms with E-state index in [1.807, 2.05) is 6.07 Å². The normalized spacial score (nSPS) is 13.4. The van der Waals surface area contributed by atoms with E-state index in [9.17, 15) is 0 Å². The van der Waals surface area contributed by atoms with Crippen LogP contribution in [0.1, 0.15) is 25.6 Å². The summed E-state index contributed by atoms with van der Waals surface area (Å²) >= 11 is 5.80. The van der Waals surface area contributed by atoms with Crippen molar-refractivity contribution in [3.8, 4) is 0 Å². The molecule has 0 bridgehead atoms. The maximum atomic E-state index is 5.89. The second kappa shape index (κ2) is 3.87. The van der Waals surface area contributed by atoms with Crippen LogP contribution in [0.2, 0.25) is 5.02 Å². The SMILES string of the molecule is CC(C)[C@@H](N)c1cc(Cl)ccn1. The fraction of sp³-hybridized carbons (Fsp3) is 0.444. The van der Waals surface area contributed by atoms with Crippen LogP contribution in [0.5, 0.6) is 0 Å². The minimum atomic E-state index is -0.0244. The number of nitrogens with two attached hydrogens (primary N) is 1. The molecule has 0 amide bonds. The second-order valence-corrected chi connectivity index (χ2v) is 3.61. The Morgan fingerprint density at radius 1 is 1.50 bits per heavy atom. The molecule has 12 heavy (non-hydrogen) atoms. The van der Waals surface area contributed by atoms with E-state index in [1.165, 1.54) is 0 Å². The van der Waals surface area contributed by atoms with Crippen LogP contribution >= 0.6 is 11.6 Å². The summed E-state index contributed by atoms with van der Waals surface area (Å²) in [6, 6.07) is 3.54. The summed E-state index contributed by atoms with van der Waals surface area (Å²) in [7, 11) is 0. The highest BCUT2D eigenvalue weighted by Crippen LogP contribution is 2.18. The molecular formula is C9H13ClN2. The topological polar surface area (TPSA) is 38.9 Å². The van der Waals surface area contributed by atoms with Gasteiger partial charge in [0.15, 0.2) is 0 Å². The lowest BCUT2D eigenvalue weighted by Gasteiger charge is -2.14. The zero-order valence-corrected chi connectivity index (χ0v) is 8.05. The highest BCUT2D eigenvalue weighted by atomic mass is 35.5. The van der Waals surface area contributed by atoms with Crippen molar-refractivity contribution in [3.05, 3.63) is 29.0 Å². The van der Waals surface area contributed by atoms with Gasteiger partial charge in [-0.15, -0.1) is 0 Å². The lowest BCUT2D eigenvalue weighted by molar-refractivity contribution is 0.503. The van der Waals surface area contributed by atoms with Gasteiger partial charge >= 0.3 is 0 Å². The van der Waals surface area contributed by atoms with Crippen molar-refractivity contribution in [2.75, 3.05) is 0 Å². The molecule has 1 aromatic heterocycles. The molecule has 0 saturated heterocycles. The van der Waals surface area contributed by atoms with Crippen LogP contribution in [0.4, 0.5) is 0 Å². The third-order valence-corrected chi connectivity index (χ3v) is 2.04. The van der Waals surface area contributed by atoms with E-state index in [0.717, 1.165) is 5.69 Å². The van der Waals surface area contributed by atoms with Crippen molar-refractivity contribution < 1.29 is 0 Å². The van der Waals surface area contributed by atoms with E-state index >= 15 is 0 Å². The minimum absolute atomic E-state index is 0.0244. The van der Waals surface area contributed by atoms with Crippen LogP contribution in [0.25, 0.3) is 0 Å². The van der Waals surface area contributed by atoms with Gasteiger partial charge in [0.05, 0.1) is 5.69 Å². The molecule has 0 aliphatic carbocycles. The lowest BCUT2D eigenvalue weighted by Crippen LogP contribution is -2.17. The van der Waals surface area contributed by atoms with E-state index < -0.39 is 0 Å². The molecule has 1 atom stereocenters. The summed E-state index contributed by atoms with van der Waals surface area (Å²) in [6.07, 6.45) is 1.68. The van der Waals surface area contributed by atoms with E-state index in [-0.39, 0.29) is 6.04 Å². The summed E-state index contributed by atoms with van der Waals surface area (Å²) in [4.78, 5) is 4.15. The predicted octanol–water partition coefficient (Wildman–Crippen LogP) is 2.39. The minimum Gasteiger partial charge on any atom is -0.322 e. The summed E-state index contributed by atoms with van der Waals surface area (Å²) < 4.78 is 0. The number of hydrogen-bond acceptors (Lipinski definition) is 2. The highest BCUT2D eigenvalue weighted by Gasteiger charge is 2.11. The smallest absolute Gasteiger partial charge is 0.0588 e. The molecule has 1 aromatic rings. The molecule has 2 nitrogen and oxygen atoms in total. The number of pyridine rings is 1. The average molecular weight is 185 g/mol. The standard InChI is InChI=1S/C9H13ClN2/c1-6(2)9(11)8-5-7(10)3-4-12-8/h3-6,9H,11H2,1-2H3/t9-/m1/s1. The number of halogens is 1. The number of aromatic nitrogens is 1. The molecule has 1 heterocycles. The van der Waals surface area contributed by atoms with Gasteiger partial charge in [-0.25, -0.2) is 0 Å². The predicted molar refractivity (Wildman–Crippen MR) is 51.0 cm³/mol. The van der Waals surface area contributed by atoms with Gasteiger partial charge in [-0.05, 0) is 18.1 Å². The van der Waals surface area contributed by atoms with Gasteiger partial charge in [-0.1, -0.05) is 25.4 Å². The van der Waals surface area contributed by atoms with Crippen LogP contribution in [0, 0.1) is 5.92 Å². The molecule has 0 fully saturated rings. The molecule has 0 radical (unpaired) electrons. The van der Waals surface area contributed by atoms with Gasteiger partial charge in [0, 0.05) is 17.3 Å². The maximum absolute atomic E-state index is 5.89. The Morgan fingerprint density at radius 3 is 2.67 bits per heavy atom. The Labute approximate surface area is 77.8 Å². The first-order valence-electron chi connectivity index (χ1n) is 3.98. The number of nitrogens with zero attached hydrogens (tertiary/aromatic N) is 1. The fourth-order valence-corrected chi connectivity index (χ4v) is 1.11. The van der Waals surface area contributed by atoms with Crippen LogP contribution in [-0.2, 0) is 0 Å². The van der Waals surface area contributed by atoms with Gasteiger partial charge in [0.25, 0.3) is 0 Å². The maximum Gasteiger partial charge on any atom is 0.0588 e. The lowest BCUT2D eigenvalue weighted by atomic mass is 10.0. The quantitative estimate of drug-likeness (QED) is 0.767. The van der Waals surface area contributed by atoms with Crippen molar-refractivity contribution >= 4 is 11.6 Å². The van der Waals surface area contributed by atoms with Crippen molar-refractivity contribution in [2.24, 2.45) is 11.7 Å². The first-order valence-corrected chi connectivity index (χ1v) is 4.36. The summed E-state index contributed by atoms with van der Waals surface area (Å²) in [5.74, 6) is 0.385. The Bertz CT molecular complexity index is 260.